The van der Waals surface area contributed by atoms with Gasteiger partial charge in [-0.05, 0) is 37.1 Å². The van der Waals surface area contributed by atoms with Crippen LogP contribution in [0.1, 0.15) is 29.3 Å². The molecule has 1 aromatic rings. The smallest absolute Gasteiger partial charge is 0.337 e. The van der Waals surface area contributed by atoms with E-state index in [9.17, 15) is 9.59 Å². The topological polar surface area (TPSA) is 75.6 Å². The molecule has 0 radical (unpaired) electrons. The van der Waals surface area contributed by atoms with E-state index >= 15 is 0 Å². The maximum absolute atomic E-state index is 11.3. The number of esters is 1. The summed E-state index contributed by atoms with van der Waals surface area (Å²) in [5.41, 5.74) is 1.96. The summed E-state index contributed by atoms with van der Waals surface area (Å²) in [7, 11) is 1.32. The third kappa shape index (κ3) is 3.23. The summed E-state index contributed by atoms with van der Waals surface area (Å²) < 4.78 is 4.62. The average molecular weight is 251 g/mol. The van der Waals surface area contributed by atoms with Crippen molar-refractivity contribution in [3.8, 4) is 0 Å². The maximum atomic E-state index is 11.3. The van der Waals surface area contributed by atoms with Gasteiger partial charge in [0.1, 0.15) is 6.04 Å². The second kappa shape index (κ2) is 6.05. The number of methoxy groups -OCH3 is 1. The molecule has 0 aliphatic rings. The molecule has 0 fully saturated rings. The fourth-order valence-electron chi connectivity index (χ4n) is 1.60. The van der Waals surface area contributed by atoms with Crippen molar-refractivity contribution in [1.82, 2.24) is 0 Å². The first kappa shape index (κ1) is 14.0. The van der Waals surface area contributed by atoms with Crippen molar-refractivity contribution in [1.29, 1.82) is 0 Å². The molecule has 0 heterocycles. The van der Waals surface area contributed by atoms with E-state index in [-0.39, 0.29) is 0 Å². The minimum Gasteiger partial charge on any atom is -0.480 e. The highest BCUT2D eigenvalue weighted by molar-refractivity contribution is 5.90. The minimum atomic E-state index is -0.894. The summed E-state index contributed by atoms with van der Waals surface area (Å²) in [4.78, 5) is 22.3. The van der Waals surface area contributed by atoms with Crippen LogP contribution in [0.25, 0.3) is 0 Å². The zero-order chi connectivity index (χ0) is 13.7. The first-order valence-corrected chi connectivity index (χ1v) is 5.67. The van der Waals surface area contributed by atoms with Gasteiger partial charge in [-0.2, -0.15) is 0 Å². The molecule has 1 aromatic carbocycles. The number of ether oxygens (including phenoxy) is 1. The van der Waals surface area contributed by atoms with Gasteiger partial charge in [-0.25, -0.2) is 9.59 Å². The summed E-state index contributed by atoms with van der Waals surface area (Å²) >= 11 is 0. The van der Waals surface area contributed by atoms with Crippen LogP contribution in [0.15, 0.2) is 18.2 Å². The Morgan fingerprint density at radius 1 is 1.44 bits per heavy atom. The highest BCUT2D eigenvalue weighted by Gasteiger charge is 2.16. The van der Waals surface area contributed by atoms with Gasteiger partial charge in [0, 0.05) is 5.69 Å². The summed E-state index contributed by atoms with van der Waals surface area (Å²) in [5.74, 6) is -1.30. The van der Waals surface area contributed by atoms with Crippen molar-refractivity contribution in [2.45, 2.75) is 26.3 Å². The minimum absolute atomic E-state index is 0.407. The van der Waals surface area contributed by atoms with Gasteiger partial charge in [-0.15, -0.1) is 0 Å². The van der Waals surface area contributed by atoms with Crippen molar-refractivity contribution in [2.75, 3.05) is 12.4 Å². The summed E-state index contributed by atoms with van der Waals surface area (Å²) in [5, 5.41) is 11.9. The van der Waals surface area contributed by atoms with E-state index in [1.54, 1.807) is 25.1 Å². The molecule has 0 saturated heterocycles. The molecule has 5 heteroatoms. The molecule has 2 N–H and O–H groups in total. The Morgan fingerprint density at radius 2 is 2.11 bits per heavy atom. The van der Waals surface area contributed by atoms with Crippen molar-refractivity contribution >= 4 is 17.6 Å². The monoisotopic (exact) mass is 251 g/mol. The van der Waals surface area contributed by atoms with Gasteiger partial charge in [-0.3, -0.25) is 0 Å². The number of carboxylic acid groups (broad SMARTS) is 1. The quantitative estimate of drug-likeness (QED) is 0.783. The van der Waals surface area contributed by atoms with Crippen molar-refractivity contribution in [3.05, 3.63) is 29.3 Å². The molecule has 0 aliphatic heterocycles. The van der Waals surface area contributed by atoms with E-state index in [1.165, 1.54) is 7.11 Å². The molecule has 5 nitrogen and oxygen atoms in total. The Kier molecular flexibility index (Phi) is 4.71. The average Bonchev–Trinajstić information content (AvgIpc) is 2.35. The third-order valence-electron chi connectivity index (χ3n) is 2.68. The Balaban J connectivity index is 2.92. The lowest BCUT2D eigenvalue weighted by Crippen LogP contribution is -2.28. The van der Waals surface area contributed by atoms with Crippen molar-refractivity contribution in [3.63, 3.8) is 0 Å². The lowest BCUT2D eigenvalue weighted by molar-refractivity contribution is -0.137. The molecule has 0 spiro atoms. The van der Waals surface area contributed by atoms with Crippen LogP contribution in [-0.4, -0.2) is 30.2 Å². The number of carbonyl (C=O) groups is 2. The normalized spacial score (nSPS) is 11.7. The summed E-state index contributed by atoms with van der Waals surface area (Å²) in [6, 6.07) is 4.33. The number of hydrogen-bond donors (Lipinski definition) is 2. The summed E-state index contributed by atoms with van der Waals surface area (Å²) in [6.07, 6.45) is 0.480. The molecule has 1 atom stereocenters. The van der Waals surface area contributed by atoms with Crippen LogP contribution in [0.3, 0.4) is 0 Å². The van der Waals surface area contributed by atoms with Crippen LogP contribution in [-0.2, 0) is 9.53 Å². The predicted molar refractivity (Wildman–Crippen MR) is 67.9 cm³/mol. The number of carbonyl (C=O) groups excluding carboxylic acids is 1. The number of aliphatic carboxylic acids is 1. The SMILES string of the molecule is CCC(Nc1ccc(C(=O)OC)cc1C)C(=O)O. The standard InChI is InChI=1S/C13H17NO4/c1-4-10(12(15)16)14-11-6-5-9(7-8(11)2)13(17)18-3/h5-7,10,14H,4H2,1-3H3,(H,15,16). The fourth-order valence-corrected chi connectivity index (χ4v) is 1.60. The number of rotatable bonds is 5. The second-order valence-corrected chi connectivity index (χ2v) is 3.96. The molecule has 0 aromatic heterocycles. The second-order valence-electron chi connectivity index (χ2n) is 3.96. The molecular formula is C13H17NO4. The van der Waals surface area contributed by atoms with E-state index in [1.807, 2.05) is 6.92 Å². The van der Waals surface area contributed by atoms with Crippen LogP contribution >= 0.6 is 0 Å². The zero-order valence-corrected chi connectivity index (χ0v) is 10.7. The van der Waals surface area contributed by atoms with Crippen LogP contribution in [0.2, 0.25) is 0 Å². The van der Waals surface area contributed by atoms with E-state index in [4.69, 9.17) is 5.11 Å². The Bertz CT molecular complexity index is 456. The van der Waals surface area contributed by atoms with E-state index in [0.717, 1.165) is 5.56 Å². The van der Waals surface area contributed by atoms with E-state index in [0.29, 0.717) is 17.7 Å². The first-order chi connectivity index (χ1) is 8.49. The number of aryl methyl sites for hydroxylation is 1. The van der Waals surface area contributed by atoms with Gasteiger partial charge >= 0.3 is 11.9 Å². The highest BCUT2D eigenvalue weighted by atomic mass is 16.5. The molecule has 1 unspecified atom stereocenters. The fraction of sp³-hybridized carbons (Fsp3) is 0.385. The molecule has 1 rings (SSSR count). The molecule has 0 saturated carbocycles. The van der Waals surface area contributed by atoms with Gasteiger partial charge < -0.3 is 15.2 Å². The van der Waals surface area contributed by atoms with Gasteiger partial charge in [0.05, 0.1) is 12.7 Å². The van der Waals surface area contributed by atoms with Crippen molar-refractivity contribution in [2.24, 2.45) is 0 Å². The zero-order valence-electron chi connectivity index (χ0n) is 10.7. The lowest BCUT2D eigenvalue weighted by atomic mass is 10.1. The molecule has 0 amide bonds. The van der Waals surface area contributed by atoms with E-state index in [2.05, 4.69) is 10.1 Å². The first-order valence-electron chi connectivity index (χ1n) is 5.67. The molecule has 98 valence electrons. The Labute approximate surface area is 106 Å². The van der Waals surface area contributed by atoms with Gasteiger partial charge in [0.25, 0.3) is 0 Å². The largest absolute Gasteiger partial charge is 0.480 e. The van der Waals surface area contributed by atoms with Crippen molar-refractivity contribution < 1.29 is 19.4 Å². The van der Waals surface area contributed by atoms with Gasteiger partial charge in [-0.1, -0.05) is 6.92 Å². The van der Waals surface area contributed by atoms with Crippen LogP contribution in [0, 0.1) is 6.92 Å². The third-order valence-corrected chi connectivity index (χ3v) is 2.68. The highest BCUT2D eigenvalue weighted by Crippen LogP contribution is 2.18. The lowest BCUT2D eigenvalue weighted by Gasteiger charge is -2.16. The van der Waals surface area contributed by atoms with Crippen LogP contribution in [0.4, 0.5) is 5.69 Å². The Morgan fingerprint density at radius 3 is 2.56 bits per heavy atom. The van der Waals surface area contributed by atoms with E-state index < -0.39 is 18.0 Å². The maximum Gasteiger partial charge on any atom is 0.337 e. The molecular weight excluding hydrogens is 234 g/mol. The molecule has 18 heavy (non-hydrogen) atoms. The van der Waals surface area contributed by atoms with Gasteiger partial charge in [0.2, 0.25) is 0 Å². The predicted octanol–water partition coefficient (Wildman–Crippen LogP) is 2.06. The number of hydrogen-bond acceptors (Lipinski definition) is 4. The number of benzene rings is 1. The summed E-state index contributed by atoms with van der Waals surface area (Å²) in [6.45, 7) is 3.60. The van der Waals surface area contributed by atoms with Crippen LogP contribution in [0.5, 0.6) is 0 Å². The molecule has 0 bridgehead atoms. The van der Waals surface area contributed by atoms with Gasteiger partial charge in [0.15, 0.2) is 0 Å². The Hall–Kier alpha value is -2.04. The molecule has 0 aliphatic carbocycles. The number of carboxylic acids is 1. The number of anilines is 1. The van der Waals surface area contributed by atoms with Crippen LogP contribution < -0.4 is 5.32 Å². The number of nitrogens with one attached hydrogen (secondary N) is 1.